The molecule has 3 aromatic rings. The van der Waals surface area contributed by atoms with E-state index in [4.69, 9.17) is 26.5 Å². The number of nitrogens with zero attached hydrogens (tertiary/aromatic N) is 2. The zero-order valence-corrected chi connectivity index (χ0v) is 17.5. The molecule has 0 saturated heterocycles. The fraction of sp³-hybridized carbons (Fsp3) is 0.130. The molecule has 1 atom stereocenters. The molecular formula is C23H18ClN3O5. The van der Waals surface area contributed by atoms with Crippen molar-refractivity contribution in [2.45, 2.75) is 12.5 Å². The monoisotopic (exact) mass is 451 g/mol. The Kier molecular flexibility index (Phi) is 6.04. The number of halogens is 1. The quantitative estimate of drug-likeness (QED) is 0.575. The summed E-state index contributed by atoms with van der Waals surface area (Å²) in [5.41, 5.74) is 7.16. The molecule has 0 saturated carbocycles. The van der Waals surface area contributed by atoms with E-state index >= 15 is 0 Å². The molecule has 2 amide bonds. The predicted molar refractivity (Wildman–Crippen MR) is 116 cm³/mol. The minimum absolute atomic E-state index is 0.192. The standard InChI is InChI=1S/C23H18ClN3O5/c24-17-9-7-14(8-10-17)18-12-19(20-2-1-11-31-20)27(26-18)21(28)13-32-23(30)16-5-3-15(4-6-16)22(25)29/h1-11,19H,12-13H2,(H2,25,29). The van der Waals surface area contributed by atoms with Crippen molar-refractivity contribution in [2.75, 3.05) is 6.61 Å². The smallest absolute Gasteiger partial charge is 0.338 e. The van der Waals surface area contributed by atoms with Gasteiger partial charge in [-0.3, -0.25) is 9.59 Å². The number of ether oxygens (including phenoxy) is 1. The van der Waals surface area contributed by atoms with E-state index in [1.54, 1.807) is 24.3 Å². The van der Waals surface area contributed by atoms with E-state index in [0.29, 0.717) is 22.9 Å². The van der Waals surface area contributed by atoms with Gasteiger partial charge in [0, 0.05) is 17.0 Å². The fourth-order valence-corrected chi connectivity index (χ4v) is 3.43. The summed E-state index contributed by atoms with van der Waals surface area (Å²) in [6, 6.07) is 15.8. The lowest BCUT2D eigenvalue weighted by molar-refractivity contribution is -0.136. The third kappa shape index (κ3) is 4.55. The van der Waals surface area contributed by atoms with E-state index in [2.05, 4.69) is 5.10 Å². The summed E-state index contributed by atoms with van der Waals surface area (Å²) in [5.74, 6) is -1.24. The molecule has 32 heavy (non-hydrogen) atoms. The minimum atomic E-state index is -0.704. The number of esters is 1. The topological polar surface area (TPSA) is 115 Å². The summed E-state index contributed by atoms with van der Waals surface area (Å²) in [6.45, 7) is -0.509. The summed E-state index contributed by atoms with van der Waals surface area (Å²) >= 11 is 5.96. The van der Waals surface area contributed by atoms with Gasteiger partial charge in [-0.05, 0) is 54.1 Å². The van der Waals surface area contributed by atoms with Crippen molar-refractivity contribution in [3.8, 4) is 0 Å². The number of hydrazone groups is 1. The molecule has 0 spiro atoms. The van der Waals surface area contributed by atoms with Crippen LogP contribution in [0.2, 0.25) is 5.02 Å². The van der Waals surface area contributed by atoms with Crippen LogP contribution in [0.4, 0.5) is 0 Å². The van der Waals surface area contributed by atoms with E-state index in [1.165, 1.54) is 35.5 Å². The summed E-state index contributed by atoms with van der Waals surface area (Å²) in [7, 11) is 0. The highest BCUT2D eigenvalue weighted by Gasteiger charge is 2.35. The number of hydrogen-bond donors (Lipinski definition) is 1. The molecule has 9 heteroatoms. The van der Waals surface area contributed by atoms with E-state index in [9.17, 15) is 14.4 Å². The average Bonchev–Trinajstić information content (AvgIpc) is 3.48. The Balaban J connectivity index is 1.48. The van der Waals surface area contributed by atoms with Gasteiger partial charge in [0.15, 0.2) is 6.61 Å². The highest BCUT2D eigenvalue weighted by molar-refractivity contribution is 6.30. The van der Waals surface area contributed by atoms with E-state index in [1.807, 2.05) is 12.1 Å². The minimum Gasteiger partial charge on any atom is -0.467 e. The lowest BCUT2D eigenvalue weighted by Crippen LogP contribution is -2.31. The van der Waals surface area contributed by atoms with Gasteiger partial charge in [-0.25, -0.2) is 9.80 Å². The van der Waals surface area contributed by atoms with E-state index in [-0.39, 0.29) is 11.1 Å². The maximum atomic E-state index is 12.9. The molecule has 0 fully saturated rings. The van der Waals surface area contributed by atoms with E-state index in [0.717, 1.165) is 5.56 Å². The Morgan fingerprint density at radius 1 is 1.06 bits per heavy atom. The van der Waals surface area contributed by atoms with Crippen LogP contribution in [0, 0.1) is 0 Å². The van der Waals surface area contributed by atoms with Crippen molar-refractivity contribution >= 4 is 35.1 Å². The number of rotatable bonds is 6. The molecule has 2 heterocycles. The summed E-state index contributed by atoms with van der Waals surface area (Å²) in [4.78, 5) is 36.3. The van der Waals surface area contributed by atoms with Crippen molar-refractivity contribution in [1.82, 2.24) is 5.01 Å². The predicted octanol–water partition coefficient (Wildman–Crippen LogP) is 3.57. The molecule has 2 aromatic carbocycles. The van der Waals surface area contributed by atoms with Gasteiger partial charge in [-0.1, -0.05) is 23.7 Å². The second-order valence-electron chi connectivity index (χ2n) is 7.04. The van der Waals surface area contributed by atoms with Gasteiger partial charge in [0.1, 0.15) is 11.8 Å². The van der Waals surface area contributed by atoms with Crippen molar-refractivity contribution in [3.63, 3.8) is 0 Å². The van der Waals surface area contributed by atoms with Crippen molar-refractivity contribution < 1.29 is 23.5 Å². The number of carbonyl (C=O) groups excluding carboxylic acids is 3. The Morgan fingerprint density at radius 3 is 2.38 bits per heavy atom. The number of amides is 2. The molecule has 1 unspecified atom stereocenters. The van der Waals surface area contributed by atoms with Gasteiger partial charge in [0.05, 0.1) is 17.5 Å². The van der Waals surface area contributed by atoms with Gasteiger partial charge in [-0.15, -0.1) is 0 Å². The molecule has 162 valence electrons. The van der Waals surface area contributed by atoms with Crippen LogP contribution in [0.5, 0.6) is 0 Å². The second-order valence-corrected chi connectivity index (χ2v) is 7.48. The third-order valence-corrected chi connectivity index (χ3v) is 5.20. The number of furan rings is 1. The first kappa shape index (κ1) is 21.3. The molecule has 0 radical (unpaired) electrons. The van der Waals surface area contributed by atoms with Crippen LogP contribution in [0.3, 0.4) is 0 Å². The average molecular weight is 452 g/mol. The number of hydrogen-bond acceptors (Lipinski definition) is 6. The molecule has 1 aliphatic rings. The molecule has 0 aliphatic carbocycles. The number of nitrogens with two attached hydrogens (primary N) is 1. The number of carbonyl (C=O) groups is 3. The van der Waals surface area contributed by atoms with Crippen LogP contribution < -0.4 is 5.73 Å². The summed E-state index contributed by atoms with van der Waals surface area (Å²) in [6.07, 6.45) is 1.96. The molecular weight excluding hydrogens is 434 g/mol. The van der Waals surface area contributed by atoms with Crippen LogP contribution in [0.15, 0.2) is 76.4 Å². The Labute approximate surface area is 188 Å². The Hall–Kier alpha value is -3.91. The normalized spacial score (nSPS) is 15.3. The zero-order chi connectivity index (χ0) is 22.7. The van der Waals surface area contributed by atoms with Crippen LogP contribution in [0.1, 0.15) is 44.5 Å². The number of primary amides is 1. The lowest BCUT2D eigenvalue weighted by atomic mass is 10.0. The second kappa shape index (κ2) is 9.07. The largest absolute Gasteiger partial charge is 0.467 e. The Morgan fingerprint density at radius 2 is 1.75 bits per heavy atom. The summed E-state index contributed by atoms with van der Waals surface area (Å²) < 4.78 is 10.7. The van der Waals surface area contributed by atoms with Gasteiger partial charge in [0.25, 0.3) is 5.91 Å². The van der Waals surface area contributed by atoms with Crippen molar-refractivity contribution in [2.24, 2.45) is 10.8 Å². The fourth-order valence-electron chi connectivity index (χ4n) is 3.31. The van der Waals surface area contributed by atoms with Gasteiger partial charge in [0.2, 0.25) is 5.91 Å². The SMILES string of the molecule is NC(=O)c1ccc(C(=O)OCC(=O)N2N=C(c3ccc(Cl)cc3)CC2c2ccco2)cc1. The highest BCUT2D eigenvalue weighted by Crippen LogP contribution is 2.33. The third-order valence-electron chi connectivity index (χ3n) is 4.95. The van der Waals surface area contributed by atoms with Gasteiger partial charge >= 0.3 is 5.97 Å². The first-order chi connectivity index (χ1) is 15.4. The van der Waals surface area contributed by atoms with Crippen LogP contribution >= 0.6 is 11.6 Å². The zero-order valence-electron chi connectivity index (χ0n) is 16.7. The highest BCUT2D eigenvalue weighted by atomic mass is 35.5. The van der Waals surface area contributed by atoms with Crippen molar-refractivity contribution in [3.05, 3.63) is 94.4 Å². The van der Waals surface area contributed by atoms with Crippen LogP contribution in [0.25, 0.3) is 0 Å². The van der Waals surface area contributed by atoms with E-state index < -0.39 is 30.4 Å². The van der Waals surface area contributed by atoms with Crippen LogP contribution in [-0.4, -0.2) is 35.1 Å². The molecule has 4 rings (SSSR count). The summed E-state index contributed by atoms with van der Waals surface area (Å²) in [5, 5.41) is 6.33. The number of benzene rings is 2. The molecule has 1 aliphatic heterocycles. The maximum absolute atomic E-state index is 12.9. The van der Waals surface area contributed by atoms with Gasteiger partial charge in [-0.2, -0.15) is 5.10 Å². The molecule has 2 N–H and O–H groups in total. The first-order valence-corrected chi connectivity index (χ1v) is 10.1. The lowest BCUT2D eigenvalue weighted by Gasteiger charge is -2.19. The molecule has 8 nitrogen and oxygen atoms in total. The van der Waals surface area contributed by atoms with Gasteiger partial charge < -0.3 is 14.9 Å². The molecule has 1 aromatic heterocycles. The van der Waals surface area contributed by atoms with Crippen molar-refractivity contribution in [1.29, 1.82) is 0 Å². The van der Waals surface area contributed by atoms with Crippen LogP contribution in [-0.2, 0) is 9.53 Å². The Bertz CT molecular complexity index is 1170. The first-order valence-electron chi connectivity index (χ1n) is 9.68. The molecule has 0 bridgehead atoms. The maximum Gasteiger partial charge on any atom is 0.338 e.